The third-order valence-corrected chi connectivity index (χ3v) is 3.65. The number of amides is 2. The second-order valence-corrected chi connectivity index (χ2v) is 5.77. The topological polar surface area (TPSA) is 96.5 Å². The Bertz CT molecular complexity index is 803. The van der Waals surface area contributed by atoms with E-state index in [9.17, 15) is 14.4 Å². The van der Waals surface area contributed by atoms with Crippen LogP contribution in [0.5, 0.6) is 0 Å². The van der Waals surface area contributed by atoms with Gasteiger partial charge in [-0.25, -0.2) is 4.79 Å². The van der Waals surface area contributed by atoms with Gasteiger partial charge in [0.2, 0.25) is 5.91 Å². The van der Waals surface area contributed by atoms with Gasteiger partial charge in [0.05, 0.1) is 18.7 Å². The van der Waals surface area contributed by atoms with Crippen LogP contribution in [0, 0.1) is 0 Å². The largest absolute Gasteiger partial charge is 0.462 e. The second-order valence-electron chi connectivity index (χ2n) is 5.77. The summed E-state index contributed by atoms with van der Waals surface area (Å²) in [5, 5.41) is 8.24. The van der Waals surface area contributed by atoms with E-state index in [1.165, 1.54) is 0 Å². The van der Waals surface area contributed by atoms with Gasteiger partial charge in [-0.05, 0) is 48.9 Å². The molecule has 0 aliphatic carbocycles. The summed E-state index contributed by atoms with van der Waals surface area (Å²) in [7, 11) is 1.55. The number of nitrogens with one attached hydrogen (secondary N) is 3. The zero-order valence-corrected chi connectivity index (χ0v) is 15.4. The maximum absolute atomic E-state index is 12.1. The second kappa shape index (κ2) is 9.96. The fraction of sp³-hybridized carbons (Fsp3) is 0.250. The minimum absolute atomic E-state index is 0.0455. The maximum Gasteiger partial charge on any atom is 0.338 e. The van der Waals surface area contributed by atoms with E-state index in [1.54, 1.807) is 55.6 Å². The number of anilines is 2. The average Bonchev–Trinajstić information content (AvgIpc) is 2.70. The molecule has 142 valence electrons. The molecular formula is C20H23N3O4. The Balaban J connectivity index is 1.87. The van der Waals surface area contributed by atoms with Crippen LogP contribution in [0.2, 0.25) is 0 Å². The number of esters is 1. The summed E-state index contributed by atoms with van der Waals surface area (Å²) in [5.41, 5.74) is 2.17. The van der Waals surface area contributed by atoms with Crippen molar-refractivity contribution in [1.82, 2.24) is 5.32 Å². The highest BCUT2D eigenvalue weighted by Crippen LogP contribution is 2.12. The Hall–Kier alpha value is -3.35. The molecule has 0 fully saturated rings. The van der Waals surface area contributed by atoms with Gasteiger partial charge in [0.15, 0.2) is 0 Å². The van der Waals surface area contributed by atoms with Gasteiger partial charge in [0.1, 0.15) is 0 Å². The molecule has 0 atom stereocenters. The molecule has 3 N–H and O–H groups in total. The molecule has 2 rings (SSSR count). The van der Waals surface area contributed by atoms with Gasteiger partial charge in [-0.3, -0.25) is 9.59 Å². The van der Waals surface area contributed by atoms with E-state index in [-0.39, 0.29) is 24.3 Å². The van der Waals surface area contributed by atoms with Gasteiger partial charge in [0, 0.05) is 24.0 Å². The molecule has 0 spiro atoms. The number of benzene rings is 2. The summed E-state index contributed by atoms with van der Waals surface area (Å²) < 4.78 is 5.06. The molecule has 0 heterocycles. The predicted octanol–water partition coefficient (Wildman–Crippen LogP) is 2.66. The van der Waals surface area contributed by atoms with Crippen LogP contribution in [0.1, 0.15) is 34.1 Å². The van der Waals surface area contributed by atoms with E-state index in [0.29, 0.717) is 29.1 Å². The molecule has 2 aromatic rings. The first-order chi connectivity index (χ1) is 13.0. The van der Waals surface area contributed by atoms with Crippen LogP contribution < -0.4 is 16.0 Å². The molecule has 7 heteroatoms. The van der Waals surface area contributed by atoms with Crippen LogP contribution in [-0.2, 0) is 9.53 Å². The van der Waals surface area contributed by atoms with E-state index < -0.39 is 0 Å². The molecule has 0 bridgehead atoms. The van der Waals surface area contributed by atoms with Gasteiger partial charge in [-0.1, -0.05) is 13.0 Å². The zero-order chi connectivity index (χ0) is 19.6. The Morgan fingerprint density at radius 2 is 1.70 bits per heavy atom. The molecule has 7 nitrogen and oxygen atoms in total. The first-order valence-corrected chi connectivity index (χ1v) is 8.66. The summed E-state index contributed by atoms with van der Waals surface area (Å²) >= 11 is 0. The lowest BCUT2D eigenvalue weighted by atomic mass is 10.2. The first kappa shape index (κ1) is 20.0. The highest BCUT2D eigenvalue weighted by molar-refractivity contribution is 5.98. The fourth-order valence-corrected chi connectivity index (χ4v) is 2.27. The highest BCUT2D eigenvalue weighted by atomic mass is 16.5. The number of carbonyl (C=O) groups excluding carboxylic acids is 3. The summed E-state index contributed by atoms with van der Waals surface area (Å²) in [4.78, 5) is 35.5. The quantitative estimate of drug-likeness (QED) is 0.622. The summed E-state index contributed by atoms with van der Waals surface area (Å²) in [6.45, 7) is 2.37. The molecule has 2 amide bonds. The van der Waals surface area contributed by atoms with Crippen LogP contribution in [0.25, 0.3) is 0 Å². The fourth-order valence-electron chi connectivity index (χ4n) is 2.27. The molecule has 0 aromatic heterocycles. The predicted molar refractivity (Wildman–Crippen MR) is 104 cm³/mol. The van der Waals surface area contributed by atoms with Gasteiger partial charge < -0.3 is 20.7 Å². The highest BCUT2D eigenvalue weighted by Gasteiger charge is 2.08. The number of ether oxygens (including phenoxy) is 1. The van der Waals surface area contributed by atoms with Gasteiger partial charge >= 0.3 is 5.97 Å². The van der Waals surface area contributed by atoms with Crippen LogP contribution >= 0.6 is 0 Å². The lowest BCUT2D eigenvalue weighted by molar-refractivity contribution is -0.114. The normalized spacial score (nSPS) is 10.0. The Kier molecular flexibility index (Phi) is 7.37. The molecule has 27 heavy (non-hydrogen) atoms. The number of hydrogen-bond acceptors (Lipinski definition) is 5. The lowest BCUT2D eigenvalue weighted by Crippen LogP contribution is -2.22. The first-order valence-electron chi connectivity index (χ1n) is 8.66. The van der Waals surface area contributed by atoms with Gasteiger partial charge in [-0.15, -0.1) is 0 Å². The lowest BCUT2D eigenvalue weighted by Gasteiger charge is -2.09. The van der Waals surface area contributed by atoms with Crippen molar-refractivity contribution in [3.63, 3.8) is 0 Å². The molecular weight excluding hydrogens is 346 g/mol. The molecule has 2 aromatic carbocycles. The van der Waals surface area contributed by atoms with E-state index in [0.717, 1.165) is 6.42 Å². The standard InChI is InChI=1S/C20H23N3O4/c1-3-11-27-20(26)14-7-9-16(10-8-14)22-13-18(24)23-17-6-4-5-15(12-17)19(25)21-2/h4-10,12,22H,3,11,13H2,1-2H3,(H,21,25)(H,23,24). The van der Waals surface area contributed by atoms with Crippen LogP contribution in [0.3, 0.4) is 0 Å². The molecule has 0 radical (unpaired) electrons. The number of rotatable bonds is 8. The van der Waals surface area contributed by atoms with Crippen molar-refractivity contribution in [2.24, 2.45) is 0 Å². The van der Waals surface area contributed by atoms with E-state index in [1.807, 2.05) is 6.92 Å². The van der Waals surface area contributed by atoms with Crippen molar-refractivity contribution in [3.8, 4) is 0 Å². The Morgan fingerprint density at radius 3 is 2.37 bits per heavy atom. The smallest absolute Gasteiger partial charge is 0.338 e. The average molecular weight is 369 g/mol. The molecule has 0 unspecified atom stereocenters. The van der Waals surface area contributed by atoms with Crippen LogP contribution in [-0.4, -0.2) is 38.0 Å². The molecule has 0 aliphatic heterocycles. The van der Waals surface area contributed by atoms with Crippen molar-refractivity contribution >= 4 is 29.2 Å². The van der Waals surface area contributed by atoms with Crippen molar-refractivity contribution in [2.75, 3.05) is 30.8 Å². The molecule has 0 aliphatic rings. The van der Waals surface area contributed by atoms with Crippen LogP contribution in [0.4, 0.5) is 11.4 Å². The van der Waals surface area contributed by atoms with Gasteiger partial charge in [-0.2, -0.15) is 0 Å². The Morgan fingerprint density at radius 1 is 0.963 bits per heavy atom. The van der Waals surface area contributed by atoms with Crippen molar-refractivity contribution in [2.45, 2.75) is 13.3 Å². The summed E-state index contributed by atoms with van der Waals surface area (Å²) in [6, 6.07) is 13.4. The third kappa shape index (κ3) is 6.14. The molecule has 0 saturated carbocycles. The third-order valence-electron chi connectivity index (χ3n) is 3.65. The van der Waals surface area contributed by atoms with Crippen molar-refractivity contribution in [3.05, 3.63) is 59.7 Å². The monoisotopic (exact) mass is 369 g/mol. The number of carbonyl (C=O) groups is 3. The van der Waals surface area contributed by atoms with E-state index >= 15 is 0 Å². The minimum atomic E-state index is -0.364. The minimum Gasteiger partial charge on any atom is -0.462 e. The van der Waals surface area contributed by atoms with Crippen molar-refractivity contribution in [1.29, 1.82) is 0 Å². The zero-order valence-electron chi connectivity index (χ0n) is 15.4. The SMILES string of the molecule is CCCOC(=O)c1ccc(NCC(=O)Nc2cccc(C(=O)NC)c2)cc1. The van der Waals surface area contributed by atoms with Crippen LogP contribution in [0.15, 0.2) is 48.5 Å². The summed E-state index contributed by atoms with van der Waals surface area (Å²) in [6.07, 6.45) is 0.770. The van der Waals surface area contributed by atoms with Gasteiger partial charge in [0.25, 0.3) is 5.91 Å². The summed E-state index contributed by atoms with van der Waals surface area (Å²) in [5.74, 6) is -0.839. The van der Waals surface area contributed by atoms with E-state index in [2.05, 4.69) is 16.0 Å². The maximum atomic E-state index is 12.1. The Labute approximate surface area is 158 Å². The molecule has 0 saturated heterocycles. The van der Waals surface area contributed by atoms with E-state index in [4.69, 9.17) is 4.74 Å². The number of hydrogen-bond donors (Lipinski definition) is 3. The van der Waals surface area contributed by atoms with Crippen molar-refractivity contribution < 1.29 is 19.1 Å².